The van der Waals surface area contributed by atoms with E-state index in [1.165, 1.54) is 0 Å². The zero-order valence-electron chi connectivity index (χ0n) is 5.24. The van der Waals surface area contributed by atoms with Crippen LogP contribution in [0.25, 0.3) is 0 Å². The molecule has 2 nitrogen and oxygen atoms in total. The zero-order valence-corrected chi connectivity index (χ0v) is 5.24. The van der Waals surface area contributed by atoms with E-state index in [0.29, 0.717) is 0 Å². The molecule has 2 N–H and O–H groups in total. The lowest BCUT2D eigenvalue weighted by Gasteiger charge is -2.20. The van der Waals surface area contributed by atoms with Crippen molar-refractivity contribution >= 4 is 0 Å². The maximum absolute atomic E-state index is 11.5. The Hall–Kier alpha value is -0.150. The van der Waals surface area contributed by atoms with Crippen LogP contribution in [0.2, 0.25) is 0 Å². The van der Waals surface area contributed by atoms with Gasteiger partial charge in [0, 0.05) is 5.54 Å². The molecule has 0 atom stereocenters. The average molecular weight is 121 g/mol. The third-order valence-corrected chi connectivity index (χ3v) is 0.941. The van der Waals surface area contributed by atoms with Crippen LogP contribution in [0.15, 0.2) is 0 Å². The molecular formula is C5H12FNO. The Bertz CT molecular complexity index is 65.4. The van der Waals surface area contributed by atoms with Crippen molar-refractivity contribution in [3.8, 4) is 0 Å². The van der Waals surface area contributed by atoms with E-state index in [0.717, 1.165) is 0 Å². The normalized spacial score (nSPS) is 12.0. The van der Waals surface area contributed by atoms with Crippen molar-refractivity contribution in [1.29, 1.82) is 0 Å². The lowest BCUT2D eigenvalue weighted by Crippen LogP contribution is -2.41. The molecule has 0 saturated heterocycles. The number of alkyl halides is 1. The maximum Gasteiger partial charge on any atom is 0.141 e. The molecular weight excluding hydrogens is 109 g/mol. The summed E-state index contributed by atoms with van der Waals surface area (Å²) in [4.78, 5) is 0. The molecule has 0 aromatic carbocycles. The minimum absolute atomic E-state index is 0.0447. The fourth-order valence-corrected chi connectivity index (χ4v) is 0.237. The Labute approximate surface area is 48.7 Å². The largest absolute Gasteiger partial charge is 0.394 e. The molecule has 0 aliphatic rings. The molecule has 0 rings (SSSR count). The van der Waals surface area contributed by atoms with Gasteiger partial charge in [-0.05, 0) is 13.8 Å². The quantitative estimate of drug-likeness (QED) is 0.525. The maximum atomic E-state index is 11.5. The van der Waals surface area contributed by atoms with Crippen LogP contribution < -0.4 is 5.32 Å². The standard InChI is InChI=1S/C5H12FNO/c1-5(2,3-8)7-4-6/h7-8H,3-4H2,1-2H3. The Morgan fingerprint density at radius 2 is 2.12 bits per heavy atom. The molecule has 50 valence electrons. The van der Waals surface area contributed by atoms with E-state index in [1.807, 2.05) is 0 Å². The molecule has 0 bridgehead atoms. The lowest BCUT2D eigenvalue weighted by atomic mass is 10.1. The molecule has 0 amide bonds. The first kappa shape index (κ1) is 7.85. The SMILES string of the molecule is CC(C)(CO)NCF. The van der Waals surface area contributed by atoms with Crippen molar-refractivity contribution in [1.82, 2.24) is 5.32 Å². The number of aliphatic hydroxyl groups is 1. The molecule has 8 heavy (non-hydrogen) atoms. The van der Waals surface area contributed by atoms with Crippen LogP contribution in [0.3, 0.4) is 0 Å². The Balaban J connectivity index is 3.37. The fourth-order valence-electron chi connectivity index (χ4n) is 0.237. The van der Waals surface area contributed by atoms with Crippen LogP contribution in [-0.4, -0.2) is 24.1 Å². The second-order valence-corrected chi connectivity index (χ2v) is 2.35. The number of halogens is 1. The van der Waals surface area contributed by atoms with Gasteiger partial charge in [0.25, 0.3) is 0 Å². The summed E-state index contributed by atoms with van der Waals surface area (Å²) in [6.07, 6.45) is 0. The van der Waals surface area contributed by atoms with Crippen LogP contribution in [-0.2, 0) is 0 Å². The van der Waals surface area contributed by atoms with Gasteiger partial charge in [0.15, 0.2) is 0 Å². The van der Waals surface area contributed by atoms with E-state index in [9.17, 15) is 4.39 Å². The second kappa shape index (κ2) is 2.99. The van der Waals surface area contributed by atoms with Gasteiger partial charge in [-0.2, -0.15) is 0 Å². The molecule has 0 unspecified atom stereocenters. The molecule has 0 spiro atoms. The van der Waals surface area contributed by atoms with Crippen LogP contribution >= 0.6 is 0 Å². The van der Waals surface area contributed by atoms with Crippen molar-refractivity contribution in [3.05, 3.63) is 0 Å². The molecule has 0 heterocycles. The Kier molecular flexibility index (Phi) is 2.94. The van der Waals surface area contributed by atoms with E-state index in [-0.39, 0.29) is 6.61 Å². The number of nitrogens with one attached hydrogen (secondary N) is 1. The Morgan fingerprint density at radius 3 is 2.25 bits per heavy atom. The van der Waals surface area contributed by atoms with Gasteiger partial charge in [0.1, 0.15) is 6.80 Å². The van der Waals surface area contributed by atoms with Gasteiger partial charge in [-0.15, -0.1) is 0 Å². The van der Waals surface area contributed by atoms with Crippen molar-refractivity contribution in [2.75, 3.05) is 13.4 Å². The molecule has 0 saturated carbocycles. The van der Waals surface area contributed by atoms with Crippen molar-refractivity contribution < 1.29 is 9.50 Å². The van der Waals surface area contributed by atoms with Crippen molar-refractivity contribution in [2.45, 2.75) is 19.4 Å². The first-order chi connectivity index (χ1) is 3.62. The smallest absolute Gasteiger partial charge is 0.141 e. The summed E-state index contributed by atoms with van der Waals surface area (Å²) in [6.45, 7) is 2.82. The first-order valence-electron chi connectivity index (χ1n) is 2.54. The van der Waals surface area contributed by atoms with Gasteiger partial charge in [-0.25, -0.2) is 4.39 Å². The van der Waals surface area contributed by atoms with Crippen LogP contribution in [0.4, 0.5) is 4.39 Å². The van der Waals surface area contributed by atoms with Gasteiger partial charge in [-0.1, -0.05) is 0 Å². The third kappa shape index (κ3) is 2.93. The van der Waals surface area contributed by atoms with Gasteiger partial charge in [0.2, 0.25) is 0 Å². The monoisotopic (exact) mass is 121 g/mol. The van der Waals surface area contributed by atoms with E-state index >= 15 is 0 Å². The molecule has 0 radical (unpaired) electrons. The summed E-state index contributed by atoms with van der Waals surface area (Å²) < 4.78 is 11.5. The van der Waals surface area contributed by atoms with E-state index in [4.69, 9.17) is 5.11 Å². The molecule has 0 aliphatic heterocycles. The van der Waals surface area contributed by atoms with Gasteiger partial charge >= 0.3 is 0 Å². The Morgan fingerprint density at radius 1 is 1.62 bits per heavy atom. The highest BCUT2D eigenvalue weighted by molar-refractivity contribution is 4.73. The number of aliphatic hydroxyl groups excluding tert-OH is 1. The fraction of sp³-hybridized carbons (Fsp3) is 1.00. The molecule has 3 heteroatoms. The highest BCUT2D eigenvalue weighted by atomic mass is 19.1. The summed E-state index contributed by atoms with van der Waals surface area (Å²) in [5, 5.41) is 11.0. The topological polar surface area (TPSA) is 32.3 Å². The summed E-state index contributed by atoms with van der Waals surface area (Å²) in [5.41, 5.74) is -0.477. The lowest BCUT2D eigenvalue weighted by molar-refractivity contribution is 0.173. The van der Waals surface area contributed by atoms with Crippen molar-refractivity contribution in [3.63, 3.8) is 0 Å². The van der Waals surface area contributed by atoms with Gasteiger partial charge < -0.3 is 5.11 Å². The predicted octanol–water partition coefficient (Wildman–Crippen LogP) is 0.274. The summed E-state index contributed by atoms with van der Waals surface area (Å²) in [7, 11) is 0. The second-order valence-electron chi connectivity index (χ2n) is 2.35. The number of hydrogen-bond donors (Lipinski definition) is 2. The molecule has 0 aromatic heterocycles. The van der Waals surface area contributed by atoms with Gasteiger partial charge in [-0.3, -0.25) is 5.32 Å². The predicted molar refractivity (Wildman–Crippen MR) is 30.3 cm³/mol. The van der Waals surface area contributed by atoms with E-state index in [1.54, 1.807) is 13.8 Å². The first-order valence-corrected chi connectivity index (χ1v) is 2.54. The van der Waals surface area contributed by atoms with Crippen molar-refractivity contribution in [2.24, 2.45) is 0 Å². The van der Waals surface area contributed by atoms with E-state index in [2.05, 4.69) is 5.32 Å². The number of hydrogen-bond acceptors (Lipinski definition) is 2. The summed E-state index contributed by atoms with van der Waals surface area (Å²) in [5.74, 6) is 0. The summed E-state index contributed by atoms with van der Waals surface area (Å²) in [6, 6.07) is 0. The highest BCUT2D eigenvalue weighted by Gasteiger charge is 2.13. The van der Waals surface area contributed by atoms with Gasteiger partial charge in [0.05, 0.1) is 6.61 Å². The van der Waals surface area contributed by atoms with Crippen LogP contribution in [0.1, 0.15) is 13.8 Å². The molecule has 0 aliphatic carbocycles. The molecule has 0 fully saturated rings. The minimum Gasteiger partial charge on any atom is -0.394 e. The van der Waals surface area contributed by atoms with Crippen LogP contribution in [0, 0.1) is 0 Å². The average Bonchev–Trinajstić information content (AvgIpc) is 1.67. The number of rotatable bonds is 3. The summed E-state index contributed by atoms with van der Waals surface area (Å²) >= 11 is 0. The zero-order chi connectivity index (χ0) is 6.62. The van der Waals surface area contributed by atoms with Crippen LogP contribution in [0.5, 0.6) is 0 Å². The van der Waals surface area contributed by atoms with E-state index < -0.39 is 12.3 Å². The molecule has 0 aromatic rings. The minimum atomic E-state index is -0.590. The third-order valence-electron chi connectivity index (χ3n) is 0.941. The highest BCUT2D eigenvalue weighted by Crippen LogP contribution is 1.97.